The van der Waals surface area contributed by atoms with Crippen molar-refractivity contribution >= 4 is 12.1 Å². The van der Waals surface area contributed by atoms with Gasteiger partial charge < -0.3 is 19.9 Å². The predicted octanol–water partition coefficient (Wildman–Crippen LogP) is 3.38. The monoisotopic (exact) mass is 358 g/mol. The largest absolute Gasteiger partial charge is 0.478 e. The molecule has 0 aliphatic heterocycles. The Kier molecular flexibility index (Phi) is 6.16. The number of nitrogens with one attached hydrogen (secondary N) is 1. The Bertz CT molecular complexity index is 783. The van der Waals surface area contributed by atoms with Gasteiger partial charge in [-0.3, -0.25) is 0 Å². The van der Waals surface area contributed by atoms with Crippen LogP contribution >= 0.6 is 0 Å². The molecular formula is C19H22N2O5. The highest BCUT2D eigenvalue weighted by Crippen LogP contribution is 2.13. The number of nitrogens with zero attached hydrogens (tertiary/aromatic N) is 1. The number of hydrogen-bond donors (Lipinski definition) is 2. The Morgan fingerprint density at radius 1 is 1.15 bits per heavy atom. The van der Waals surface area contributed by atoms with Crippen molar-refractivity contribution in [2.75, 3.05) is 0 Å². The first-order valence-electron chi connectivity index (χ1n) is 8.10. The fraction of sp³-hybridized carbons (Fsp3) is 0.316. The number of pyridine rings is 1. The van der Waals surface area contributed by atoms with E-state index in [1.807, 2.05) is 0 Å². The van der Waals surface area contributed by atoms with E-state index in [1.165, 1.54) is 6.07 Å². The summed E-state index contributed by atoms with van der Waals surface area (Å²) in [6, 6.07) is 9.98. The molecule has 2 aromatic rings. The SMILES string of the molecule is CC(C)(C)OC(=O)NCc1ccnc(OCc2cccc(C(=O)O)c2)c1. The zero-order valence-corrected chi connectivity index (χ0v) is 15.0. The summed E-state index contributed by atoms with van der Waals surface area (Å²) in [7, 11) is 0. The second-order valence-corrected chi connectivity index (χ2v) is 6.65. The van der Waals surface area contributed by atoms with Crippen molar-refractivity contribution in [3.63, 3.8) is 0 Å². The third-order valence-electron chi connectivity index (χ3n) is 3.20. The van der Waals surface area contributed by atoms with Crippen LogP contribution in [0.25, 0.3) is 0 Å². The van der Waals surface area contributed by atoms with Gasteiger partial charge in [0, 0.05) is 18.8 Å². The third-order valence-corrected chi connectivity index (χ3v) is 3.20. The van der Waals surface area contributed by atoms with Gasteiger partial charge in [0.25, 0.3) is 0 Å². The molecule has 0 fully saturated rings. The Balaban J connectivity index is 1.91. The lowest BCUT2D eigenvalue weighted by Gasteiger charge is -2.19. The van der Waals surface area contributed by atoms with E-state index in [2.05, 4.69) is 10.3 Å². The highest BCUT2D eigenvalue weighted by molar-refractivity contribution is 5.87. The van der Waals surface area contributed by atoms with Crippen LogP contribution in [0, 0.1) is 0 Å². The Hall–Kier alpha value is -3.09. The summed E-state index contributed by atoms with van der Waals surface area (Å²) in [4.78, 5) is 26.8. The van der Waals surface area contributed by atoms with Gasteiger partial charge in [-0.2, -0.15) is 0 Å². The predicted molar refractivity (Wildman–Crippen MR) is 95.0 cm³/mol. The minimum atomic E-state index is -0.986. The molecular weight excluding hydrogens is 336 g/mol. The second-order valence-electron chi connectivity index (χ2n) is 6.65. The van der Waals surface area contributed by atoms with E-state index in [1.54, 1.807) is 57.3 Å². The number of amides is 1. The van der Waals surface area contributed by atoms with Gasteiger partial charge >= 0.3 is 12.1 Å². The van der Waals surface area contributed by atoms with Gasteiger partial charge in [0.1, 0.15) is 12.2 Å². The molecule has 0 atom stereocenters. The van der Waals surface area contributed by atoms with E-state index in [0.29, 0.717) is 5.88 Å². The lowest BCUT2D eigenvalue weighted by molar-refractivity contribution is 0.0522. The van der Waals surface area contributed by atoms with Crippen LogP contribution in [0.3, 0.4) is 0 Å². The number of carboxylic acids is 1. The average molecular weight is 358 g/mol. The highest BCUT2D eigenvalue weighted by Gasteiger charge is 2.15. The number of carbonyl (C=O) groups excluding carboxylic acids is 1. The Morgan fingerprint density at radius 2 is 1.92 bits per heavy atom. The van der Waals surface area contributed by atoms with E-state index in [4.69, 9.17) is 14.6 Å². The number of rotatable bonds is 6. The zero-order chi connectivity index (χ0) is 19.2. The molecule has 7 nitrogen and oxygen atoms in total. The van der Waals surface area contributed by atoms with Crippen LogP contribution < -0.4 is 10.1 Å². The van der Waals surface area contributed by atoms with Crippen LogP contribution in [0.5, 0.6) is 5.88 Å². The molecule has 0 aliphatic carbocycles. The number of aromatic nitrogens is 1. The van der Waals surface area contributed by atoms with Crippen molar-refractivity contribution in [3.05, 3.63) is 59.3 Å². The second kappa shape index (κ2) is 8.33. The van der Waals surface area contributed by atoms with Crippen molar-refractivity contribution in [1.82, 2.24) is 10.3 Å². The van der Waals surface area contributed by atoms with Gasteiger partial charge in [-0.1, -0.05) is 12.1 Å². The average Bonchev–Trinajstić information content (AvgIpc) is 2.57. The summed E-state index contributed by atoms with van der Waals surface area (Å²) >= 11 is 0. The summed E-state index contributed by atoms with van der Waals surface area (Å²) in [5.41, 5.74) is 1.18. The van der Waals surface area contributed by atoms with E-state index in [-0.39, 0.29) is 18.7 Å². The minimum absolute atomic E-state index is 0.192. The molecule has 1 aromatic heterocycles. The first kappa shape index (κ1) is 19.2. The topological polar surface area (TPSA) is 97.8 Å². The highest BCUT2D eigenvalue weighted by atomic mass is 16.6. The lowest BCUT2D eigenvalue weighted by Crippen LogP contribution is -2.32. The maximum atomic E-state index is 11.7. The molecule has 2 rings (SSSR count). The summed E-state index contributed by atoms with van der Waals surface area (Å²) in [6.45, 7) is 5.86. The molecule has 1 aromatic carbocycles. The number of carboxylic acid groups (broad SMARTS) is 1. The molecule has 0 bridgehead atoms. The molecule has 0 saturated carbocycles. The van der Waals surface area contributed by atoms with E-state index >= 15 is 0 Å². The van der Waals surface area contributed by atoms with Crippen molar-refractivity contribution in [2.45, 2.75) is 39.5 Å². The molecule has 0 spiro atoms. The minimum Gasteiger partial charge on any atom is -0.478 e. The van der Waals surface area contributed by atoms with Crippen LogP contribution in [0.2, 0.25) is 0 Å². The van der Waals surface area contributed by atoms with Crippen molar-refractivity contribution in [1.29, 1.82) is 0 Å². The maximum Gasteiger partial charge on any atom is 0.407 e. The normalized spacial score (nSPS) is 10.9. The fourth-order valence-corrected chi connectivity index (χ4v) is 2.08. The third kappa shape index (κ3) is 6.43. The fourth-order valence-electron chi connectivity index (χ4n) is 2.08. The number of carbonyl (C=O) groups is 2. The van der Waals surface area contributed by atoms with Gasteiger partial charge in [-0.25, -0.2) is 14.6 Å². The summed E-state index contributed by atoms with van der Waals surface area (Å²) in [6.07, 6.45) is 1.08. The van der Waals surface area contributed by atoms with Crippen LogP contribution in [-0.4, -0.2) is 27.8 Å². The van der Waals surface area contributed by atoms with E-state index in [9.17, 15) is 9.59 Å². The first-order chi connectivity index (χ1) is 12.2. The van der Waals surface area contributed by atoms with Gasteiger partial charge in [-0.05, 0) is 50.1 Å². The van der Waals surface area contributed by atoms with Gasteiger partial charge in [-0.15, -0.1) is 0 Å². The summed E-state index contributed by atoms with van der Waals surface area (Å²) in [5, 5.41) is 11.7. The molecule has 26 heavy (non-hydrogen) atoms. The van der Waals surface area contributed by atoms with Gasteiger partial charge in [0.05, 0.1) is 5.56 Å². The quantitative estimate of drug-likeness (QED) is 0.821. The Labute approximate surface area is 152 Å². The molecule has 0 radical (unpaired) electrons. The smallest absolute Gasteiger partial charge is 0.407 e. The molecule has 1 heterocycles. The molecule has 1 amide bonds. The van der Waals surface area contributed by atoms with Crippen LogP contribution in [-0.2, 0) is 17.9 Å². The van der Waals surface area contributed by atoms with Crippen LogP contribution in [0.4, 0.5) is 4.79 Å². The summed E-state index contributed by atoms with van der Waals surface area (Å²) in [5.74, 6) is -0.602. The lowest BCUT2D eigenvalue weighted by atomic mass is 10.1. The van der Waals surface area contributed by atoms with Crippen molar-refractivity contribution in [3.8, 4) is 5.88 Å². The van der Waals surface area contributed by atoms with Gasteiger partial charge in [0.2, 0.25) is 5.88 Å². The van der Waals surface area contributed by atoms with Crippen LogP contribution in [0.15, 0.2) is 42.6 Å². The molecule has 7 heteroatoms. The Morgan fingerprint density at radius 3 is 2.62 bits per heavy atom. The summed E-state index contributed by atoms with van der Waals surface area (Å²) < 4.78 is 10.8. The van der Waals surface area contributed by atoms with E-state index < -0.39 is 17.7 Å². The standard InChI is InChI=1S/C19H22N2O5/c1-19(2,3)26-18(24)21-11-13-7-8-20-16(10-13)25-12-14-5-4-6-15(9-14)17(22)23/h4-10H,11-12H2,1-3H3,(H,21,24)(H,22,23). The molecule has 0 unspecified atom stereocenters. The van der Waals surface area contributed by atoms with Crippen molar-refractivity contribution < 1.29 is 24.2 Å². The molecule has 138 valence electrons. The van der Waals surface area contributed by atoms with Crippen LogP contribution in [0.1, 0.15) is 42.3 Å². The number of ether oxygens (including phenoxy) is 2. The zero-order valence-electron chi connectivity index (χ0n) is 15.0. The molecule has 2 N–H and O–H groups in total. The number of alkyl carbamates (subject to hydrolysis) is 1. The van der Waals surface area contributed by atoms with E-state index in [0.717, 1.165) is 11.1 Å². The number of benzene rings is 1. The van der Waals surface area contributed by atoms with Crippen molar-refractivity contribution in [2.24, 2.45) is 0 Å². The first-order valence-corrected chi connectivity index (χ1v) is 8.10. The maximum absolute atomic E-state index is 11.7. The molecule has 0 saturated heterocycles. The number of hydrogen-bond acceptors (Lipinski definition) is 5. The molecule has 0 aliphatic rings. The number of aromatic carboxylic acids is 1. The van der Waals surface area contributed by atoms with Gasteiger partial charge in [0.15, 0.2) is 0 Å².